The third-order valence-electron chi connectivity index (χ3n) is 5.33. The van der Waals surface area contributed by atoms with Gasteiger partial charge in [0.15, 0.2) is 0 Å². The molecule has 1 atom stereocenters. The third-order valence-corrected chi connectivity index (χ3v) is 5.33. The van der Waals surface area contributed by atoms with Crippen LogP contribution in [0.2, 0.25) is 0 Å². The van der Waals surface area contributed by atoms with Gasteiger partial charge in [0, 0.05) is 37.0 Å². The van der Waals surface area contributed by atoms with E-state index in [9.17, 15) is 25.0 Å². The highest BCUT2D eigenvalue weighted by molar-refractivity contribution is 5.89. The first-order valence-corrected chi connectivity index (χ1v) is 10.9. The molecule has 1 fully saturated rings. The number of carboxylic acids is 1. The van der Waals surface area contributed by atoms with Crippen molar-refractivity contribution in [3.05, 3.63) is 73.8 Å². The molecule has 33 heavy (non-hydrogen) atoms. The summed E-state index contributed by atoms with van der Waals surface area (Å²) in [7, 11) is 0. The van der Waals surface area contributed by atoms with Gasteiger partial charge in [0.1, 0.15) is 0 Å². The fourth-order valence-corrected chi connectivity index (χ4v) is 3.79. The Morgan fingerprint density at radius 1 is 1.03 bits per heavy atom. The predicted molar refractivity (Wildman–Crippen MR) is 126 cm³/mol. The molecule has 1 saturated heterocycles. The Bertz CT molecular complexity index is 910. The fourth-order valence-electron chi connectivity index (χ4n) is 3.79. The number of non-ortho nitro benzene ring substituents is 2. The lowest BCUT2D eigenvalue weighted by Gasteiger charge is -2.32. The minimum absolute atomic E-state index is 0.170. The van der Waals surface area contributed by atoms with Crippen molar-refractivity contribution in [3.8, 4) is 0 Å². The molecule has 1 heterocycles. The minimum atomic E-state index is -1.46. The third kappa shape index (κ3) is 7.53. The van der Waals surface area contributed by atoms with Crippen molar-refractivity contribution in [1.29, 1.82) is 0 Å². The molecule has 0 aliphatic carbocycles. The number of carboxylic acid groups (broad SMARTS) is 1. The fraction of sp³-hybridized carbons (Fsp3) is 0.435. The molecule has 3 rings (SSSR count). The number of aromatic carboxylic acids is 1. The molecule has 1 unspecified atom stereocenters. The average Bonchev–Trinajstić information content (AvgIpc) is 2.79. The van der Waals surface area contributed by atoms with E-state index >= 15 is 0 Å². The lowest BCUT2D eigenvalue weighted by atomic mass is 9.95. The van der Waals surface area contributed by atoms with Gasteiger partial charge in [0.2, 0.25) is 0 Å². The number of rotatable bonds is 7. The number of carbonyl (C=O) groups is 1. The summed E-state index contributed by atoms with van der Waals surface area (Å²) in [6, 6.07) is 11.1. The highest BCUT2D eigenvalue weighted by Crippen LogP contribution is 2.30. The van der Waals surface area contributed by atoms with Crippen LogP contribution in [-0.2, 0) is 0 Å². The van der Waals surface area contributed by atoms with E-state index in [1.807, 2.05) is 0 Å². The van der Waals surface area contributed by atoms with Crippen LogP contribution in [0.5, 0.6) is 0 Å². The molecule has 0 spiro atoms. The first-order chi connectivity index (χ1) is 15.6. The monoisotopic (exact) mass is 458 g/mol. The molecule has 10 nitrogen and oxygen atoms in total. The summed E-state index contributed by atoms with van der Waals surface area (Å²) >= 11 is 0. The molecular weight excluding hydrogens is 428 g/mol. The highest BCUT2D eigenvalue weighted by Gasteiger charge is 2.19. The molecule has 1 aliphatic heterocycles. The summed E-state index contributed by atoms with van der Waals surface area (Å²) in [4.78, 5) is 31.9. The summed E-state index contributed by atoms with van der Waals surface area (Å²) in [5, 5.41) is 29.2. The van der Waals surface area contributed by atoms with Crippen LogP contribution >= 0.6 is 0 Å². The molecule has 0 amide bonds. The van der Waals surface area contributed by atoms with Gasteiger partial charge < -0.3 is 15.7 Å². The van der Waals surface area contributed by atoms with Crippen LogP contribution in [0.25, 0.3) is 0 Å². The van der Waals surface area contributed by atoms with Crippen LogP contribution in [0.3, 0.4) is 0 Å². The van der Waals surface area contributed by atoms with E-state index in [1.165, 1.54) is 43.6 Å². The summed E-state index contributed by atoms with van der Waals surface area (Å²) in [6.45, 7) is 6.85. The number of hydrogen-bond donors (Lipinski definition) is 2. The van der Waals surface area contributed by atoms with Crippen molar-refractivity contribution < 1.29 is 19.7 Å². The second-order valence-electron chi connectivity index (χ2n) is 8.40. The number of nitrogens with zero attached hydrogens (tertiary/aromatic N) is 3. The van der Waals surface area contributed by atoms with Crippen molar-refractivity contribution in [2.24, 2.45) is 11.7 Å². The van der Waals surface area contributed by atoms with Gasteiger partial charge in [-0.3, -0.25) is 20.2 Å². The zero-order valence-electron chi connectivity index (χ0n) is 18.8. The molecule has 0 radical (unpaired) electrons. The molecule has 178 valence electrons. The Balaban J connectivity index is 0.000000238. The summed E-state index contributed by atoms with van der Waals surface area (Å²) in [5.74, 6) is -0.809. The number of nitrogens with two attached hydrogens (primary N) is 1. The summed E-state index contributed by atoms with van der Waals surface area (Å²) in [6.07, 6.45) is 5.06. The van der Waals surface area contributed by atoms with Gasteiger partial charge in [-0.05, 0) is 43.2 Å². The van der Waals surface area contributed by atoms with Gasteiger partial charge in [-0.2, -0.15) is 0 Å². The van der Waals surface area contributed by atoms with Crippen molar-refractivity contribution >= 4 is 23.0 Å². The van der Waals surface area contributed by atoms with E-state index in [-0.39, 0.29) is 6.04 Å². The Morgan fingerprint density at radius 2 is 1.58 bits per heavy atom. The Kier molecular flexibility index (Phi) is 9.29. The quantitative estimate of drug-likeness (QED) is 0.438. The van der Waals surface area contributed by atoms with Gasteiger partial charge in [0.25, 0.3) is 11.4 Å². The molecule has 0 saturated carbocycles. The topological polar surface area (TPSA) is 153 Å². The van der Waals surface area contributed by atoms with E-state index < -0.39 is 32.8 Å². The van der Waals surface area contributed by atoms with Crippen LogP contribution in [0, 0.1) is 26.1 Å². The van der Waals surface area contributed by atoms with Crippen molar-refractivity contribution in [3.63, 3.8) is 0 Å². The molecule has 10 heteroatoms. The lowest BCUT2D eigenvalue weighted by molar-refractivity contribution is -0.394. The molecule has 3 N–H and O–H groups in total. The van der Waals surface area contributed by atoms with Crippen LogP contribution in [0.1, 0.15) is 61.5 Å². The molecule has 0 aromatic heterocycles. The van der Waals surface area contributed by atoms with E-state index in [0.717, 1.165) is 18.6 Å². The summed E-state index contributed by atoms with van der Waals surface area (Å²) in [5.41, 5.74) is 7.33. The SMILES string of the molecule is CC(C)CC(N)c1ccccc1N1CCCCC1.O=C(O)c1cc([N+](=O)[O-])cc([N+](=O)[O-])c1. The molecule has 2 aromatic rings. The van der Waals surface area contributed by atoms with Crippen molar-refractivity contribution in [2.75, 3.05) is 18.0 Å². The van der Waals surface area contributed by atoms with Crippen molar-refractivity contribution in [2.45, 2.75) is 45.6 Å². The van der Waals surface area contributed by atoms with Gasteiger partial charge in [-0.15, -0.1) is 0 Å². The summed E-state index contributed by atoms with van der Waals surface area (Å²) < 4.78 is 0. The second-order valence-corrected chi connectivity index (χ2v) is 8.40. The Morgan fingerprint density at radius 3 is 2.06 bits per heavy atom. The van der Waals surface area contributed by atoms with Gasteiger partial charge in [0.05, 0.1) is 21.5 Å². The van der Waals surface area contributed by atoms with Gasteiger partial charge in [-0.25, -0.2) is 4.79 Å². The van der Waals surface area contributed by atoms with Crippen LogP contribution in [0.15, 0.2) is 42.5 Å². The van der Waals surface area contributed by atoms with E-state index in [4.69, 9.17) is 10.8 Å². The van der Waals surface area contributed by atoms with Gasteiger partial charge >= 0.3 is 5.97 Å². The number of piperidine rings is 1. The lowest BCUT2D eigenvalue weighted by Crippen LogP contribution is -2.31. The van der Waals surface area contributed by atoms with Crippen LogP contribution < -0.4 is 10.6 Å². The molecular formula is C23H30N4O6. The number of nitro benzene ring substituents is 2. The number of nitro groups is 2. The van der Waals surface area contributed by atoms with Crippen molar-refractivity contribution in [1.82, 2.24) is 0 Å². The molecule has 0 bridgehead atoms. The standard InChI is InChI=1S/C16H26N2.C7H4N2O6/c1-13(2)12-15(17)14-8-4-5-9-16(14)18-10-6-3-7-11-18;10-7(11)4-1-5(8(12)13)3-6(2-4)9(14)15/h4-5,8-9,13,15H,3,6-7,10-12,17H2,1-2H3;1-3H,(H,10,11). The zero-order chi connectivity index (χ0) is 24.5. The Hall–Kier alpha value is -3.53. The molecule has 1 aliphatic rings. The van der Waals surface area contributed by atoms with E-state index in [1.54, 1.807) is 0 Å². The van der Waals surface area contributed by atoms with Crippen LogP contribution in [0.4, 0.5) is 17.1 Å². The normalized spacial score (nSPS) is 14.2. The maximum absolute atomic E-state index is 10.5. The maximum Gasteiger partial charge on any atom is 0.336 e. The largest absolute Gasteiger partial charge is 0.478 e. The first-order valence-electron chi connectivity index (χ1n) is 10.9. The number of para-hydroxylation sites is 1. The second kappa shape index (κ2) is 11.9. The maximum atomic E-state index is 10.5. The number of anilines is 1. The minimum Gasteiger partial charge on any atom is -0.478 e. The number of benzene rings is 2. The van der Waals surface area contributed by atoms with E-state index in [0.29, 0.717) is 12.0 Å². The zero-order valence-corrected chi connectivity index (χ0v) is 18.8. The predicted octanol–water partition coefficient (Wildman–Crippen LogP) is 4.92. The smallest absolute Gasteiger partial charge is 0.336 e. The average molecular weight is 459 g/mol. The molecule has 2 aromatic carbocycles. The first kappa shape index (κ1) is 25.7. The highest BCUT2D eigenvalue weighted by atomic mass is 16.6. The van der Waals surface area contributed by atoms with Crippen LogP contribution in [-0.4, -0.2) is 34.0 Å². The number of hydrogen-bond acceptors (Lipinski definition) is 7. The Labute approximate surface area is 192 Å². The van der Waals surface area contributed by atoms with Gasteiger partial charge in [-0.1, -0.05) is 32.0 Å². The van der Waals surface area contributed by atoms with E-state index in [2.05, 4.69) is 43.0 Å².